The summed E-state index contributed by atoms with van der Waals surface area (Å²) in [5, 5.41) is 3.65. The number of nitrogens with one attached hydrogen (secondary N) is 1. The van der Waals surface area contributed by atoms with E-state index in [0.29, 0.717) is 27.1 Å². The first-order valence-corrected chi connectivity index (χ1v) is 15.8. The highest BCUT2D eigenvalue weighted by Gasteiger charge is 2.34. The molecule has 0 saturated carbocycles. The lowest BCUT2D eigenvalue weighted by molar-refractivity contribution is -0.140. The van der Waals surface area contributed by atoms with Crippen molar-refractivity contribution in [2.45, 2.75) is 45.8 Å². The Labute approximate surface area is 256 Å². The van der Waals surface area contributed by atoms with E-state index in [2.05, 4.69) is 5.32 Å². The van der Waals surface area contributed by atoms with Gasteiger partial charge >= 0.3 is 0 Å². The molecule has 12 heteroatoms. The Hall–Kier alpha value is -3.47. The lowest BCUT2D eigenvalue weighted by atomic mass is 10.0. The summed E-state index contributed by atoms with van der Waals surface area (Å²) < 4.78 is 38.5. The number of amides is 2. The van der Waals surface area contributed by atoms with Crippen LogP contribution >= 0.6 is 23.2 Å². The molecule has 1 aliphatic rings. The van der Waals surface area contributed by atoms with E-state index in [-0.39, 0.29) is 43.1 Å². The Morgan fingerprint density at radius 3 is 2.36 bits per heavy atom. The van der Waals surface area contributed by atoms with Crippen LogP contribution < -0.4 is 19.1 Å². The number of nitrogens with zero attached hydrogens (tertiary/aromatic N) is 2. The number of hydrogen-bond donors (Lipinski definition) is 1. The maximum atomic E-state index is 14.2. The number of fused-ring (bicyclic) bond motifs is 1. The van der Waals surface area contributed by atoms with E-state index < -0.39 is 28.5 Å². The first kappa shape index (κ1) is 31.5. The molecular formula is C30H33Cl2N3O6S. The summed E-state index contributed by atoms with van der Waals surface area (Å²) >= 11 is 12.6. The molecule has 0 radical (unpaired) electrons. The van der Waals surface area contributed by atoms with E-state index in [4.69, 9.17) is 32.7 Å². The Balaban J connectivity index is 1.77. The average Bonchev–Trinajstić information content (AvgIpc) is 3.42. The van der Waals surface area contributed by atoms with E-state index in [1.54, 1.807) is 30.3 Å². The van der Waals surface area contributed by atoms with Crippen molar-refractivity contribution in [1.29, 1.82) is 0 Å². The lowest BCUT2D eigenvalue weighted by Gasteiger charge is -2.34. The molecule has 0 fully saturated rings. The maximum absolute atomic E-state index is 14.2. The summed E-state index contributed by atoms with van der Waals surface area (Å²) in [7, 11) is -3.92. The van der Waals surface area contributed by atoms with Crippen molar-refractivity contribution < 1.29 is 27.5 Å². The van der Waals surface area contributed by atoms with Crippen LogP contribution in [0.4, 0.5) is 5.69 Å². The van der Waals surface area contributed by atoms with Crippen molar-refractivity contribution >= 4 is 50.7 Å². The van der Waals surface area contributed by atoms with Gasteiger partial charge in [0, 0.05) is 35.1 Å². The molecule has 1 aliphatic heterocycles. The van der Waals surface area contributed by atoms with E-state index in [9.17, 15) is 18.0 Å². The minimum absolute atomic E-state index is 0.0139. The third-order valence-corrected chi connectivity index (χ3v) is 9.01. The molecule has 2 amide bonds. The summed E-state index contributed by atoms with van der Waals surface area (Å²) in [4.78, 5) is 29.3. The highest BCUT2D eigenvalue weighted by Crippen LogP contribution is 2.36. The molecule has 1 unspecified atom stereocenters. The molecule has 0 bridgehead atoms. The standard InChI is InChI=1S/C30H33Cl2N3O6S/c1-4-42(38,39)35(24-12-13-27-28(16-24)41-19-40-27)18-29(36)34(17-22-10-11-23(31)15-25(22)32)26(30(37)33-20(2)3)14-21-8-6-5-7-9-21/h5-13,15-16,20,26H,4,14,17-19H2,1-3H3,(H,33,37). The van der Waals surface area contributed by atoms with Gasteiger partial charge in [-0.05, 0) is 56.2 Å². The minimum atomic E-state index is -3.92. The van der Waals surface area contributed by atoms with Gasteiger partial charge < -0.3 is 19.7 Å². The summed E-state index contributed by atoms with van der Waals surface area (Å²) in [6.45, 7) is 4.56. The highest BCUT2D eigenvalue weighted by molar-refractivity contribution is 7.92. The van der Waals surface area contributed by atoms with Crippen LogP contribution in [0.3, 0.4) is 0 Å². The number of carbonyl (C=O) groups excluding carboxylic acids is 2. The third kappa shape index (κ3) is 7.67. The topological polar surface area (TPSA) is 105 Å². The van der Waals surface area contributed by atoms with Crippen molar-refractivity contribution in [3.63, 3.8) is 0 Å². The second-order valence-electron chi connectivity index (χ2n) is 10.1. The van der Waals surface area contributed by atoms with E-state index in [1.807, 2.05) is 44.2 Å². The molecule has 3 aromatic rings. The predicted octanol–water partition coefficient (Wildman–Crippen LogP) is 5.04. The first-order valence-electron chi connectivity index (χ1n) is 13.5. The van der Waals surface area contributed by atoms with Crippen LogP contribution in [0.25, 0.3) is 0 Å². The van der Waals surface area contributed by atoms with Gasteiger partial charge in [-0.3, -0.25) is 13.9 Å². The van der Waals surface area contributed by atoms with Crippen molar-refractivity contribution in [2.75, 3.05) is 23.4 Å². The number of anilines is 1. The smallest absolute Gasteiger partial charge is 0.244 e. The van der Waals surface area contributed by atoms with Crippen LogP contribution in [-0.4, -0.2) is 56.3 Å². The summed E-state index contributed by atoms with van der Waals surface area (Å²) in [6, 6.07) is 17.7. The quantitative estimate of drug-likeness (QED) is 0.299. The summed E-state index contributed by atoms with van der Waals surface area (Å²) in [6.07, 6.45) is 0.195. The van der Waals surface area contributed by atoms with Gasteiger partial charge in [0.1, 0.15) is 12.6 Å². The van der Waals surface area contributed by atoms with E-state index in [1.165, 1.54) is 17.9 Å². The van der Waals surface area contributed by atoms with Crippen LogP contribution in [-0.2, 0) is 32.6 Å². The number of benzene rings is 3. The summed E-state index contributed by atoms with van der Waals surface area (Å²) in [5.74, 6) is -0.361. The SMILES string of the molecule is CCS(=O)(=O)N(CC(=O)N(Cc1ccc(Cl)cc1Cl)C(Cc1ccccc1)C(=O)NC(C)C)c1ccc2c(c1)OCO2. The maximum Gasteiger partial charge on any atom is 0.244 e. The second kappa shape index (κ2) is 13.7. The molecule has 0 aromatic heterocycles. The lowest BCUT2D eigenvalue weighted by Crippen LogP contribution is -2.54. The molecule has 0 spiro atoms. The molecule has 0 saturated heterocycles. The molecule has 4 rings (SSSR count). The molecule has 1 atom stereocenters. The number of carbonyl (C=O) groups is 2. The van der Waals surface area contributed by atoms with Gasteiger partial charge in [0.05, 0.1) is 11.4 Å². The number of sulfonamides is 1. The second-order valence-corrected chi connectivity index (χ2v) is 13.1. The van der Waals surface area contributed by atoms with Gasteiger partial charge in [-0.15, -0.1) is 0 Å². The zero-order chi connectivity index (χ0) is 30.4. The van der Waals surface area contributed by atoms with Gasteiger partial charge in [0.2, 0.25) is 28.6 Å². The molecule has 3 aromatic carbocycles. The van der Waals surface area contributed by atoms with Gasteiger partial charge in [-0.2, -0.15) is 0 Å². The Morgan fingerprint density at radius 1 is 0.976 bits per heavy atom. The zero-order valence-corrected chi connectivity index (χ0v) is 25.9. The first-order chi connectivity index (χ1) is 20.0. The van der Waals surface area contributed by atoms with Crippen LogP contribution in [0.2, 0.25) is 10.0 Å². The third-order valence-electron chi connectivity index (χ3n) is 6.68. The fourth-order valence-corrected chi connectivity index (χ4v) is 6.05. The number of hydrogen-bond acceptors (Lipinski definition) is 6. The predicted molar refractivity (Wildman–Crippen MR) is 164 cm³/mol. The van der Waals surface area contributed by atoms with Gasteiger partial charge in [-0.25, -0.2) is 8.42 Å². The molecule has 42 heavy (non-hydrogen) atoms. The molecule has 0 aliphatic carbocycles. The van der Waals surface area contributed by atoms with Crippen molar-refractivity contribution in [1.82, 2.24) is 10.2 Å². The zero-order valence-electron chi connectivity index (χ0n) is 23.5. The number of rotatable bonds is 12. The number of halogens is 2. The van der Waals surface area contributed by atoms with Crippen LogP contribution in [0, 0.1) is 0 Å². The molecule has 9 nitrogen and oxygen atoms in total. The minimum Gasteiger partial charge on any atom is -0.454 e. The van der Waals surface area contributed by atoms with Crippen LogP contribution in [0.5, 0.6) is 11.5 Å². The molecule has 224 valence electrons. The van der Waals surface area contributed by atoms with Crippen molar-refractivity contribution in [3.05, 3.63) is 87.9 Å². The van der Waals surface area contributed by atoms with Crippen molar-refractivity contribution in [2.24, 2.45) is 0 Å². The Kier molecular flexibility index (Phi) is 10.2. The Bertz CT molecular complexity index is 1540. The van der Waals surface area contributed by atoms with Crippen molar-refractivity contribution in [3.8, 4) is 11.5 Å². The average molecular weight is 635 g/mol. The fourth-order valence-electron chi connectivity index (χ4n) is 4.53. The highest BCUT2D eigenvalue weighted by atomic mass is 35.5. The molecule has 1 heterocycles. The van der Waals surface area contributed by atoms with Gasteiger partial charge in [0.25, 0.3) is 0 Å². The number of ether oxygens (including phenoxy) is 2. The van der Waals surface area contributed by atoms with Gasteiger partial charge in [0.15, 0.2) is 11.5 Å². The summed E-state index contributed by atoms with van der Waals surface area (Å²) in [5.41, 5.74) is 1.62. The largest absolute Gasteiger partial charge is 0.454 e. The normalized spacial score (nSPS) is 13.1. The van der Waals surface area contributed by atoms with Gasteiger partial charge in [-0.1, -0.05) is 59.6 Å². The van der Waals surface area contributed by atoms with Crippen LogP contribution in [0.15, 0.2) is 66.7 Å². The monoisotopic (exact) mass is 633 g/mol. The molecular weight excluding hydrogens is 601 g/mol. The van der Waals surface area contributed by atoms with E-state index >= 15 is 0 Å². The fraction of sp³-hybridized carbons (Fsp3) is 0.333. The molecule has 1 N–H and O–H groups in total. The van der Waals surface area contributed by atoms with Crippen LogP contribution in [0.1, 0.15) is 31.9 Å². The van der Waals surface area contributed by atoms with E-state index in [0.717, 1.165) is 9.87 Å². The Morgan fingerprint density at radius 2 is 1.69 bits per heavy atom.